The Morgan fingerprint density at radius 1 is 1.31 bits per heavy atom. The van der Waals surface area contributed by atoms with Gasteiger partial charge in [0.15, 0.2) is 0 Å². The van der Waals surface area contributed by atoms with Gasteiger partial charge in [0.2, 0.25) is 5.91 Å². The Morgan fingerprint density at radius 3 is 2.56 bits per heavy atom. The maximum Gasteiger partial charge on any atom is 0.227 e. The van der Waals surface area contributed by atoms with Crippen molar-refractivity contribution in [3.63, 3.8) is 0 Å². The van der Waals surface area contributed by atoms with Crippen LogP contribution in [0.4, 0.5) is 0 Å². The van der Waals surface area contributed by atoms with Crippen LogP contribution < -0.4 is 0 Å². The number of hydrogen-bond acceptors (Lipinski definition) is 1. The molecular weight excluding hydrogens is 198 g/mol. The third-order valence-electron chi connectivity index (χ3n) is 3.23. The predicted octanol–water partition coefficient (Wildman–Crippen LogP) is 2.49. The number of rotatable bonds is 2. The average Bonchev–Trinajstić information content (AvgIpc) is 2.60. The van der Waals surface area contributed by atoms with Gasteiger partial charge in [-0.3, -0.25) is 4.79 Å². The van der Waals surface area contributed by atoms with Crippen LogP contribution in [0.15, 0.2) is 30.3 Å². The highest BCUT2D eigenvalue weighted by Gasteiger charge is 2.31. The monoisotopic (exact) mass is 217 g/mol. The number of amides is 1. The minimum atomic E-state index is 0.261. The quantitative estimate of drug-likeness (QED) is 0.745. The number of carbonyl (C=O) groups is 1. The van der Waals surface area contributed by atoms with E-state index in [1.165, 1.54) is 0 Å². The Labute approximate surface area is 97.3 Å². The van der Waals surface area contributed by atoms with Crippen molar-refractivity contribution in [2.45, 2.75) is 26.7 Å². The number of carbonyl (C=O) groups excluding carboxylic acids is 1. The van der Waals surface area contributed by atoms with Crippen LogP contribution in [-0.2, 0) is 11.2 Å². The Kier molecular flexibility index (Phi) is 2.99. The first-order chi connectivity index (χ1) is 7.57. The van der Waals surface area contributed by atoms with E-state index in [-0.39, 0.29) is 5.91 Å². The van der Waals surface area contributed by atoms with Crippen LogP contribution in [0.5, 0.6) is 0 Å². The molecule has 1 fully saturated rings. The highest BCUT2D eigenvalue weighted by atomic mass is 16.2. The van der Waals surface area contributed by atoms with E-state index >= 15 is 0 Å². The molecular formula is C14H19NO. The van der Waals surface area contributed by atoms with Crippen molar-refractivity contribution in [1.82, 2.24) is 4.90 Å². The minimum absolute atomic E-state index is 0.261. The molecule has 16 heavy (non-hydrogen) atoms. The number of likely N-dealkylation sites (tertiary alicyclic amines) is 1. The topological polar surface area (TPSA) is 20.3 Å². The molecule has 0 saturated carbocycles. The van der Waals surface area contributed by atoms with E-state index in [0.29, 0.717) is 11.8 Å². The molecule has 0 bridgehead atoms. The van der Waals surface area contributed by atoms with Gasteiger partial charge in [-0.15, -0.1) is 0 Å². The molecule has 1 amide bonds. The lowest BCUT2D eigenvalue weighted by atomic mass is 9.93. The van der Waals surface area contributed by atoms with Gasteiger partial charge in [-0.05, 0) is 17.4 Å². The average molecular weight is 217 g/mol. The standard InChI is InChI=1S/C14H19NO/c1-14(2)8-9-15(11-14)13(16)10-12-6-4-3-5-7-12/h3-7H,8-11H2,1-2H3. The Balaban J connectivity index is 1.95. The maximum atomic E-state index is 12.0. The molecule has 2 nitrogen and oxygen atoms in total. The van der Waals surface area contributed by atoms with Gasteiger partial charge in [0.25, 0.3) is 0 Å². The van der Waals surface area contributed by atoms with Crippen molar-refractivity contribution in [1.29, 1.82) is 0 Å². The third kappa shape index (κ3) is 2.63. The molecule has 2 heteroatoms. The summed E-state index contributed by atoms with van der Waals surface area (Å²) < 4.78 is 0. The highest BCUT2D eigenvalue weighted by molar-refractivity contribution is 5.79. The lowest BCUT2D eigenvalue weighted by Gasteiger charge is -2.19. The van der Waals surface area contributed by atoms with Gasteiger partial charge in [0.1, 0.15) is 0 Å². The summed E-state index contributed by atoms with van der Waals surface area (Å²) in [5.74, 6) is 0.261. The molecule has 0 N–H and O–H groups in total. The molecule has 1 aromatic carbocycles. The molecule has 0 unspecified atom stereocenters. The number of nitrogens with zero attached hydrogens (tertiary/aromatic N) is 1. The van der Waals surface area contributed by atoms with Gasteiger partial charge in [0.05, 0.1) is 6.42 Å². The SMILES string of the molecule is CC1(C)CCN(C(=O)Cc2ccccc2)C1. The van der Waals surface area contributed by atoms with Gasteiger partial charge < -0.3 is 4.90 Å². The fourth-order valence-electron chi connectivity index (χ4n) is 2.21. The first-order valence-corrected chi connectivity index (χ1v) is 5.89. The molecule has 1 aliphatic heterocycles. The van der Waals surface area contributed by atoms with Crippen LogP contribution in [0.1, 0.15) is 25.8 Å². The van der Waals surface area contributed by atoms with Crippen molar-refractivity contribution >= 4 is 5.91 Å². The largest absolute Gasteiger partial charge is 0.342 e. The molecule has 86 valence electrons. The summed E-state index contributed by atoms with van der Waals surface area (Å²) in [4.78, 5) is 14.0. The Hall–Kier alpha value is -1.31. The minimum Gasteiger partial charge on any atom is -0.342 e. The van der Waals surface area contributed by atoms with Gasteiger partial charge in [-0.25, -0.2) is 0 Å². The molecule has 1 aliphatic rings. The van der Waals surface area contributed by atoms with Crippen molar-refractivity contribution in [3.8, 4) is 0 Å². The van der Waals surface area contributed by atoms with E-state index in [0.717, 1.165) is 25.1 Å². The molecule has 1 heterocycles. The molecule has 0 spiro atoms. The summed E-state index contributed by atoms with van der Waals surface area (Å²) in [5.41, 5.74) is 1.41. The molecule has 1 saturated heterocycles. The lowest BCUT2D eigenvalue weighted by molar-refractivity contribution is -0.129. The summed E-state index contributed by atoms with van der Waals surface area (Å²) in [6.45, 7) is 6.27. The van der Waals surface area contributed by atoms with Crippen LogP contribution in [0, 0.1) is 5.41 Å². The molecule has 0 atom stereocenters. The number of benzene rings is 1. The van der Waals surface area contributed by atoms with Gasteiger partial charge in [-0.1, -0.05) is 44.2 Å². The second-order valence-corrected chi connectivity index (χ2v) is 5.39. The first kappa shape index (κ1) is 11.2. The van der Waals surface area contributed by atoms with Gasteiger partial charge >= 0.3 is 0 Å². The summed E-state index contributed by atoms with van der Waals surface area (Å²) >= 11 is 0. The molecule has 0 aromatic heterocycles. The van der Waals surface area contributed by atoms with Crippen LogP contribution in [0.2, 0.25) is 0 Å². The van der Waals surface area contributed by atoms with Crippen LogP contribution in [0.3, 0.4) is 0 Å². The summed E-state index contributed by atoms with van der Waals surface area (Å²) in [6, 6.07) is 9.97. The van der Waals surface area contributed by atoms with Crippen molar-refractivity contribution in [2.24, 2.45) is 5.41 Å². The van der Waals surface area contributed by atoms with Crippen molar-refractivity contribution in [2.75, 3.05) is 13.1 Å². The second kappa shape index (κ2) is 4.28. The highest BCUT2D eigenvalue weighted by Crippen LogP contribution is 2.28. The zero-order chi connectivity index (χ0) is 11.6. The van der Waals surface area contributed by atoms with Crippen LogP contribution in [-0.4, -0.2) is 23.9 Å². The van der Waals surface area contributed by atoms with E-state index in [1.54, 1.807) is 0 Å². The second-order valence-electron chi connectivity index (χ2n) is 5.39. The Bertz CT molecular complexity index is 370. The number of hydrogen-bond donors (Lipinski definition) is 0. The zero-order valence-electron chi connectivity index (χ0n) is 10.1. The molecule has 0 radical (unpaired) electrons. The van der Waals surface area contributed by atoms with Crippen LogP contribution in [0.25, 0.3) is 0 Å². The first-order valence-electron chi connectivity index (χ1n) is 5.89. The van der Waals surface area contributed by atoms with E-state index in [4.69, 9.17) is 0 Å². The maximum absolute atomic E-state index is 12.0. The summed E-state index contributed by atoms with van der Waals surface area (Å²) in [6.07, 6.45) is 1.66. The normalized spacial score (nSPS) is 18.8. The van der Waals surface area contributed by atoms with Gasteiger partial charge in [0, 0.05) is 13.1 Å². The third-order valence-corrected chi connectivity index (χ3v) is 3.23. The lowest BCUT2D eigenvalue weighted by Crippen LogP contribution is -2.31. The molecule has 1 aromatic rings. The zero-order valence-corrected chi connectivity index (χ0v) is 10.1. The fraction of sp³-hybridized carbons (Fsp3) is 0.500. The summed E-state index contributed by atoms with van der Waals surface area (Å²) in [7, 11) is 0. The predicted molar refractivity (Wildman–Crippen MR) is 65.1 cm³/mol. The molecule has 0 aliphatic carbocycles. The van der Waals surface area contributed by atoms with E-state index in [9.17, 15) is 4.79 Å². The van der Waals surface area contributed by atoms with Crippen LogP contribution >= 0.6 is 0 Å². The summed E-state index contributed by atoms with van der Waals surface area (Å²) in [5, 5.41) is 0. The van der Waals surface area contributed by atoms with E-state index < -0.39 is 0 Å². The van der Waals surface area contributed by atoms with Crippen molar-refractivity contribution < 1.29 is 4.79 Å². The fourth-order valence-corrected chi connectivity index (χ4v) is 2.21. The van der Waals surface area contributed by atoms with Crippen molar-refractivity contribution in [3.05, 3.63) is 35.9 Å². The smallest absolute Gasteiger partial charge is 0.227 e. The van der Waals surface area contributed by atoms with E-state index in [2.05, 4.69) is 13.8 Å². The van der Waals surface area contributed by atoms with Gasteiger partial charge in [-0.2, -0.15) is 0 Å². The Morgan fingerprint density at radius 2 is 2.00 bits per heavy atom. The van der Waals surface area contributed by atoms with E-state index in [1.807, 2.05) is 35.2 Å². The molecule has 2 rings (SSSR count).